The van der Waals surface area contributed by atoms with Crippen LogP contribution in [0.4, 0.5) is 0 Å². The Bertz CT molecular complexity index is 1450. The number of phosphoric acid groups is 1. The third-order valence-corrected chi connectivity index (χ3v) is 18.1. The number of nitrogens with zero attached hydrogens (tertiary/aromatic N) is 1. The molecule has 0 saturated carbocycles. The second-order valence-electron chi connectivity index (χ2n) is 26.7. The minimum atomic E-state index is -4.35. The van der Waals surface area contributed by atoms with Crippen LogP contribution in [0.3, 0.4) is 0 Å². The number of aliphatic hydroxyl groups is 1. The lowest BCUT2D eigenvalue weighted by molar-refractivity contribution is -0.870. The Hall–Kier alpha value is -1.28. The van der Waals surface area contributed by atoms with Gasteiger partial charge in [0.15, 0.2) is 0 Å². The van der Waals surface area contributed by atoms with Crippen LogP contribution in [0.2, 0.25) is 0 Å². The fourth-order valence-corrected chi connectivity index (χ4v) is 12.1. The number of unbranched alkanes of at least 4 members (excludes halogenated alkanes) is 52. The van der Waals surface area contributed by atoms with E-state index in [-0.39, 0.29) is 19.1 Å². The van der Waals surface area contributed by atoms with Crippen molar-refractivity contribution < 1.29 is 32.9 Å². The van der Waals surface area contributed by atoms with Gasteiger partial charge in [0.25, 0.3) is 0 Å². The van der Waals surface area contributed by atoms with Gasteiger partial charge < -0.3 is 19.8 Å². The van der Waals surface area contributed by atoms with E-state index in [1.54, 1.807) is 6.08 Å². The van der Waals surface area contributed by atoms with Crippen LogP contribution in [-0.4, -0.2) is 73.4 Å². The zero-order valence-corrected chi connectivity index (χ0v) is 57.4. The van der Waals surface area contributed by atoms with Crippen LogP contribution < -0.4 is 5.32 Å². The topological polar surface area (TPSA) is 105 Å². The highest BCUT2D eigenvalue weighted by atomic mass is 31.2. The van der Waals surface area contributed by atoms with Gasteiger partial charge in [-0.25, -0.2) is 4.57 Å². The van der Waals surface area contributed by atoms with Gasteiger partial charge in [0.1, 0.15) is 13.2 Å². The van der Waals surface area contributed by atoms with Crippen LogP contribution in [0.1, 0.15) is 380 Å². The van der Waals surface area contributed by atoms with Crippen molar-refractivity contribution in [3.05, 3.63) is 36.5 Å². The average molecular weight is 1190 g/mol. The molecule has 0 aromatic heterocycles. The normalized spacial score (nSPS) is 13.8. The van der Waals surface area contributed by atoms with E-state index in [2.05, 4.69) is 43.5 Å². The number of nitrogens with one attached hydrogen (secondary N) is 1. The van der Waals surface area contributed by atoms with E-state index < -0.39 is 20.0 Å². The Morgan fingerprint density at radius 3 is 0.988 bits per heavy atom. The first kappa shape index (κ1) is 81.7. The van der Waals surface area contributed by atoms with Gasteiger partial charge in [-0.2, -0.15) is 0 Å². The van der Waals surface area contributed by atoms with Gasteiger partial charge in [-0.15, -0.1) is 0 Å². The molecule has 0 fully saturated rings. The molecular weight excluding hydrogens is 1040 g/mol. The summed E-state index contributed by atoms with van der Waals surface area (Å²) in [5.74, 6) is -0.169. The summed E-state index contributed by atoms with van der Waals surface area (Å²) in [5.41, 5.74) is 0. The number of amides is 1. The number of carbonyl (C=O) groups is 1. The molecule has 0 rings (SSSR count). The van der Waals surface area contributed by atoms with Crippen LogP contribution >= 0.6 is 7.82 Å². The third kappa shape index (κ3) is 68.1. The first-order valence-corrected chi connectivity index (χ1v) is 38.4. The number of carbonyl (C=O) groups excluding carboxylic acids is 1. The highest BCUT2D eigenvalue weighted by Gasteiger charge is 2.28. The van der Waals surface area contributed by atoms with Crippen molar-refractivity contribution in [2.24, 2.45) is 0 Å². The Kier molecular flexibility index (Phi) is 64.2. The number of rotatable bonds is 69. The van der Waals surface area contributed by atoms with E-state index >= 15 is 0 Å². The molecule has 0 aliphatic heterocycles. The Morgan fingerprint density at radius 2 is 0.687 bits per heavy atom. The van der Waals surface area contributed by atoms with Gasteiger partial charge in [0.05, 0.1) is 39.9 Å². The number of likely N-dealkylation sites (N-methyl/N-ethyl adjacent to an activating group) is 1. The first-order valence-electron chi connectivity index (χ1n) is 36.9. The second-order valence-corrected chi connectivity index (χ2v) is 28.1. The molecule has 0 spiro atoms. The number of phosphoric ester groups is 1. The van der Waals surface area contributed by atoms with Gasteiger partial charge >= 0.3 is 7.82 Å². The summed E-state index contributed by atoms with van der Waals surface area (Å²) in [6, 6.07) is -0.847. The molecule has 0 saturated heterocycles. The largest absolute Gasteiger partial charge is 0.472 e. The van der Waals surface area contributed by atoms with Crippen molar-refractivity contribution in [2.75, 3.05) is 40.9 Å². The Morgan fingerprint density at radius 1 is 0.410 bits per heavy atom. The molecule has 0 heterocycles. The molecule has 0 aliphatic carbocycles. The minimum Gasteiger partial charge on any atom is -0.387 e. The molecule has 0 radical (unpaired) electrons. The number of allylic oxidation sites excluding steroid dienone is 5. The van der Waals surface area contributed by atoms with Crippen LogP contribution in [0.25, 0.3) is 0 Å². The molecule has 0 aromatic carbocycles. The SMILES string of the molecule is CCCCCCC/C=C\C/C=C\CCCCCCCCCCCCCCCCCCCCCCCC(=O)NC(COP(=O)(O)OCC[N+](C)(C)C)C(O)/C=C/CCCCCCCCCCCCCCCCCCCCCCCCCCCC. The molecule has 1 amide bonds. The van der Waals surface area contributed by atoms with E-state index in [0.29, 0.717) is 17.4 Å². The van der Waals surface area contributed by atoms with Gasteiger partial charge in [0.2, 0.25) is 5.91 Å². The smallest absolute Gasteiger partial charge is 0.387 e. The fraction of sp³-hybridized carbons (Fsp3) is 0.905. The summed E-state index contributed by atoms with van der Waals surface area (Å²) < 4.78 is 23.9. The maximum Gasteiger partial charge on any atom is 0.472 e. The molecule has 3 unspecified atom stereocenters. The molecular formula is C74H146N2O6P+. The van der Waals surface area contributed by atoms with Gasteiger partial charge in [0, 0.05) is 6.42 Å². The van der Waals surface area contributed by atoms with Crippen molar-refractivity contribution in [3.63, 3.8) is 0 Å². The number of quaternary nitrogens is 1. The van der Waals surface area contributed by atoms with Crippen LogP contribution in [-0.2, 0) is 18.4 Å². The minimum absolute atomic E-state index is 0.0639. The Balaban J connectivity index is 4.00. The molecule has 83 heavy (non-hydrogen) atoms. The molecule has 9 heteroatoms. The van der Waals surface area contributed by atoms with Crippen molar-refractivity contribution in [1.82, 2.24) is 5.32 Å². The van der Waals surface area contributed by atoms with Crippen molar-refractivity contribution in [1.29, 1.82) is 0 Å². The molecule has 3 N–H and O–H groups in total. The van der Waals surface area contributed by atoms with E-state index in [4.69, 9.17) is 9.05 Å². The summed E-state index contributed by atoms with van der Waals surface area (Å²) in [4.78, 5) is 23.5. The lowest BCUT2D eigenvalue weighted by Gasteiger charge is -2.25. The van der Waals surface area contributed by atoms with Gasteiger partial charge in [-0.05, 0) is 51.4 Å². The molecule has 0 aliphatic rings. The van der Waals surface area contributed by atoms with Gasteiger partial charge in [-0.1, -0.05) is 359 Å². The molecule has 492 valence electrons. The summed E-state index contributed by atoms with van der Waals surface area (Å²) in [6.45, 7) is 4.87. The highest BCUT2D eigenvalue weighted by molar-refractivity contribution is 7.47. The monoisotopic (exact) mass is 1190 g/mol. The molecule has 0 bridgehead atoms. The lowest BCUT2D eigenvalue weighted by atomic mass is 10.0. The van der Waals surface area contributed by atoms with Gasteiger partial charge in [-0.3, -0.25) is 13.8 Å². The highest BCUT2D eigenvalue weighted by Crippen LogP contribution is 2.43. The third-order valence-electron chi connectivity index (χ3n) is 17.1. The summed E-state index contributed by atoms with van der Waals surface area (Å²) >= 11 is 0. The van der Waals surface area contributed by atoms with Crippen LogP contribution in [0.15, 0.2) is 36.5 Å². The predicted molar refractivity (Wildman–Crippen MR) is 365 cm³/mol. The number of hydrogen-bond donors (Lipinski definition) is 3. The summed E-state index contributed by atoms with van der Waals surface area (Å²) in [7, 11) is 1.59. The molecule has 0 aromatic rings. The van der Waals surface area contributed by atoms with E-state index in [1.165, 1.54) is 321 Å². The van der Waals surface area contributed by atoms with Crippen LogP contribution in [0, 0.1) is 0 Å². The van der Waals surface area contributed by atoms with Crippen molar-refractivity contribution in [3.8, 4) is 0 Å². The van der Waals surface area contributed by atoms with Crippen molar-refractivity contribution >= 4 is 13.7 Å². The van der Waals surface area contributed by atoms with E-state index in [1.807, 2.05) is 27.2 Å². The Labute approximate surface area is 518 Å². The molecule has 3 atom stereocenters. The zero-order valence-electron chi connectivity index (χ0n) is 56.5. The average Bonchev–Trinajstić information content (AvgIpc) is 3.49. The second kappa shape index (κ2) is 65.2. The summed E-state index contributed by atoms with van der Waals surface area (Å²) in [5, 5.41) is 14.0. The maximum atomic E-state index is 13.1. The lowest BCUT2D eigenvalue weighted by Crippen LogP contribution is -2.45. The van der Waals surface area contributed by atoms with E-state index in [0.717, 1.165) is 38.5 Å². The standard InChI is InChI=1S/C74H145N2O6P/c1-6-8-10-12-14-16-18-20-22-24-26-28-30-32-34-36-37-38-39-40-42-44-46-48-50-52-54-56-58-60-62-64-66-68-74(78)75-72(71-82-83(79,80)81-70-69-76(3,4)5)73(77)67-65-63-61-59-57-55-53-51-49-47-45-43-41-35-33-31-29-27-25-23-21-19-17-15-13-11-9-7-2/h18,20,24,26,65,67,72-73,77H,6-17,19,21-23,25,27-64,66,68-71H2,1-5H3,(H-,75,78,79,80)/p+1/b20-18-,26-24-,67-65+. The first-order chi connectivity index (χ1) is 40.5. The quantitative estimate of drug-likeness (QED) is 0.0243. The van der Waals surface area contributed by atoms with Crippen molar-refractivity contribution in [2.45, 2.75) is 392 Å². The number of hydrogen-bond acceptors (Lipinski definition) is 5. The number of aliphatic hydroxyl groups excluding tert-OH is 1. The fourth-order valence-electron chi connectivity index (χ4n) is 11.4. The van der Waals surface area contributed by atoms with Crippen LogP contribution in [0.5, 0.6) is 0 Å². The zero-order chi connectivity index (χ0) is 60.5. The van der Waals surface area contributed by atoms with E-state index in [9.17, 15) is 19.4 Å². The predicted octanol–water partition coefficient (Wildman–Crippen LogP) is 23.6. The summed E-state index contributed by atoms with van der Waals surface area (Å²) in [6.07, 6.45) is 87.4. The maximum absolute atomic E-state index is 13.1. The molecule has 8 nitrogen and oxygen atoms in total.